The van der Waals surface area contributed by atoms with Gasteiger partial charge in [-0.3, -0.25) is 9.69 Å². The quantitative estimate of drug-likeness (QED) is 0.789. The Labute approximate surface area is 121 Å². The molecule has 0 spiro atoms. The third-order valence-corrected chi connectivity index (χ3v) is 4.76. The lowest BCUT2D eigenvalue weighted by Gasteiger charge is -2.45. The van der Waals surface area contributed by atoms with E-state index in [0.717, 1.165) is 52.0 Å². The molecule has 2 fully saturated rings. The maximum atomic E-state index is 12.6. The Morgan fingerprint density at radius 2 is 1.84 bits per heavy atom. The molecule has 1 amide bonds. The minimum absolute atomic E-state index is 0.176. The van der Waals surface area contributed by atoms with Crippen LogP contribution in [0.15, 0.2) is 0 Å². The SMILES string of the molecule is CC(C)CN1CCN(C(=O)C2(C(N)=S)CCC2)CC1. The molecule has 0 aromatic rings. The van der Waals surface area contributed by atoms with Gasteiger partial charge in [-0.1, -0.05) is 32.5 Å². The van der Waals surface area contributed by atoms with E-state index in [-0.39, 0.29) is 5.91 Å². The van der Waals surface area contributed by atoms with E-state index in [1.54, 1.807) is 0 Å². The second kappa shape index (κ2) is 5.75. The Balaban J connectivity index is 1.91. The van der Waals surface area contributed by atoms with Crippen molar-refractivity contribution < 1.29 is 4.79 Å². The molecule has 19 heavy (non-hydrogen) atoms. The van der Waals surface area contributed by atoms with Crippen LogP contribution >= 0.6 is 12.2 Å². The van der Waals surface area contributed by atoms with Crippen molar-refractivity contribution in [3.8, 4) is 0 Å². The molecular formula is C14H25N3OS. The monoisotopic (exact) mass is 283 g/mol. The van der Waals surface area contributed by atoms with Gasteiger partial charge in [0.05, 0.1) is 10.4 Å². The third-order valence-electron chi connectivity index (χ3n) is 4.37. The normalized spacial score (nSPS) is 23.2. The molecule has 1 heterocycles. The Bertz CT molecular complexity index is 358. The minimum atomic E-state index is -0.504. The van der Waals surface area contributed by atoms with Gasteiger partial charge in [-0.05, 0) is 18.8 Å². The van der Waals surface area contributed by atoms with Crippen molar-refractivity contribution in [1.82, 2.24) is 9.80 Å². The van der Waals surface area contributed by atoms with Crippen molar-refractivity contribution in [2.24, 2.45) is 17.1 Å². The predicted molar refractivity (Wildman–Crippen MR) is 80.9 cm³/mol. The molecule has 108 valence electrons. The van der Waals surface area contributed by atoms with Crippen LogP contribution in [0.2, 0.25) is 0 Å². The average molecular weight is 283 g/mol. The van der Waals surface area contributed by atoms with Crippen LogP contribution in [0.3, 0.4) is 0 Å². The van der Waals surface area contributed by atoms with Gasteiger partial charge in [-0.15, -0.1) is 0 Å². The smallest absolute Gasteiger partial charge is 0.235 e. The molecule has 0 aromatic heterocycles. The highest BCUT2D eigenvalue weighted by Gasteiger charge is 2.49. The topological polar surface area (TPSA) is 49.6 Å². The number of nitrogens with two attached hydrogens (primary N) is 1. The van der Waals surface area contributed by atoms with Gasteiger partial charge in [-0.2, -0.15) is 0 Å². The summed E-state index contributed by atoms with van der Waals surface area (Å²) < 4.78 is 0. The largest absolute Gasteiger partial charge is 0.392 e. The zero-order valence-corrected chi connectivity index (χ0v) is 12.8. The third kappa shape index (κ3) is 2.92. The maximum Gasteiger partial charge on any atom is 0.235 e. The first-order chi connectivity index (χ1) is 8.95. The van der Waals surface area contributed by atoms with Crippen molar-refractivity contribution in [3.05, 3.63) is 0 Å². The maximum absolute atomic E-state index is 12.6. The van der Waals surface area contributed by atoms with Crippen LogP contribution in [0.1, 0.15) is 33.1 Å². The standard InChI is InChI=1S/C14H25N3OS/c1-11(2)10-16-6-8-17(9-7-16)13(18)14(12(15)19)4-3-5-14/h11H,3-10H2,1-2H3,(H2,15,19). The van der Waals surface area contributed by atoms with Crippen molar-refractivity contribution in [2.75, 3.05) is 32.7 Å². The predicted octanol–water partition coefficient (Wildman–Crippen LogP) is 1.24. The molecule has 2 rings (SSSR count). The summed E-state index contributed by atoms with van der Waals surface area (Å²) in [5.74, 6) is 0.854. The van der Waals surface area contributed by atoms with Crippen LogP contribution in [-0.2, 0) is 4.79 Å². The molecule has 2 aliphatic rings. The minimum Gasteiger partial charge on any atom is -0.392 e. The fourth-order valence-corrected chi connectivity index (χ4v) is 3.34. The summed E-state index contributed by atoms with van der Waals surface area (Å²) in [6.45, 7) is 9.14. The van der Waals surface area contributed by atoms with Gasteiger partial charge >= 0.3 is 0 Å². The number of nitrogens with zero attached hydrogens (tertiary/aromatic N) is 2. The van der Waals surface area contributed by atoms with Gasteiger partial charge in [0.2, 0.25) is 5.91 Å². The zero-order chi connectivity index (χ0) is 14.0. The van der Waals surface area contributed by atoms with E-state index in [1.807, 2.05) is 4.90 Å². The van der Waals surface area contributed by atoms with Crippen LogP contribution in [0.5, 0.6) is 0 Å². The first-order valence-corrected chi connectivity index (χ1v) is 7.68. The number of carbonyl (C=O) groups excluding carboxylic acids is 1. The molecule has 2 N–H and O–H groups in total. The van der Waals surface area contributed by atoms with Crippen LogP contribution in [0.25, 0.3) is 0 Å². The highest BCUT2D eigenvalue weighted by atomic mass is 32.1. The van der Waals surface area contributed by atoms with Crippen LogP contribution in [0, 0.1) is 11.3 Å². The van der Waals surface area contributed by atoms with Crippen LogP contribution in [-0.4, -0.2) is 53.4 Å². The van der Waals surface area contributed by atoms with E-state index >= 15 is 0 Å². The van der Waals surface area contributed by atoms with Crippen LogP contribution in [0.4, 0.5) is 0 Å². The summed E-state index contributed by atoms with van der Waals surface area (Å²) in [7, 11) is 0. The summed E-state index contributed by atoms with van der Waals surface area (Å²) in [4.78, 5) is 17.4. The lowest BCUT2D eigenvalue weighted by molar-refractivity contribution is -0.143. The number of amides is 1. The van der Waals surface area contributed by atoms with Gasteiger partial charge in [0.1, 0.15) is 0 Å². The Morgan fingerprint density at radius 3 is 2.21 bits per heavy atom. The lowest BCUT2D eigenvalue weighted by Crippen LogP contribution is -2.58. The van der Waals surface area contributed by atoms with E-state index in [4.69, 9.17) is 18.0 Å². The molecule has 5 heteroatoms. The van der Waals surface area contributed by atoms with Crippen molar-refractivity contribution in [1.29, 1.82) is 0 Å². The van der Waals surface area contributed by atoms with Gasteiger partial charge in [0.25, 0.3) is 0 Å². The van der Waals surface area contributed by atoms with E-state index in [2.05, 4.69) is 18.7 Å². The summed E-state index contributed by atoms with van der Waals surface area (Å²) in [6, 6.07) is 0. The molecule has 0 radical (unpaired) electrons. The molecule has 0 bridgehead atoms. The molecule has 0 atom stereocenters. The number of rotatable bonds is 4. The van der Waals surface area contributed by atoms with Crippen molar-refractivity contribution in [3.63, 3.8) is 0 Å². The summed E-state index contributed by atoms with van der Waals surface area (Å²) >= 11 is 5.13. The summed E-state index contributed by atoms with van der Waals surface area (Å²) in [6.07, 6.45) is 2.75. The molecule has 1 aliphatic heterocycles. The van der Waals surface area contributed by atoms with E-state index < -0.39 is 5.41 Å². The number of piperazine rings is 1. The highest BCUT2D eigenvalue weighted by Crippen LogP contribution is 2.43. The number of carbonyl (C=O) groups is 1. The molecule has 0 unspecified atom stereocenters. The molecule has 1 saturated heterocycles. The fraction of sp³-hybridized carbons (Fsp3) is 0.857. The second-order valence-corrected chi connectivity index (χ2v) is 6.73. The van der Waals surface area contributed by atoms with Gasteiger partial charge < -0.3 is 10.6 Å². The molecule has 4 nitrogen and oxygen atoms in total. The first-order valence-electron chi connectivity index (χ1n) is 7.27. The Kier molecular flexibility index (Phi) is 4.46. The van der Waals surface area contributed by atoms with Gasteiger partial charge in [0, 0.05) is 32.7 Å². The lowest BCUT2D eigenvalue weighted by atomic mass is 9.67. The highest BCUT2D eigenvalue weighted by molar-refractivity contribution is 7.80. The van der Waals surface area contributed by atoms with Crippen molar-refractivity contribution in [2.45, 2.75) is 33.1 Å². The fourth-order valence-electron chi connectivity index (χ4n) is 3.05. The first kappa shape index (κ1) is 14.7. The van der Waals surface area contributed by atoms with E-state index in [9.17, 15) is 4.79 Å². The van der Waals surface area contributed by atoms with Gasteiger partial charge in [-0.25, -0.2) is 0 Å². The summed E-state index contributed by atoms with van der Waals surface area (Å²) in [5, 5.41) is 0. The number of hydrogen-bond donors (Lipinski definition) is 1. The second-order valence-electron chi connectivity index (χ2n) is 6.29. The molecule has 1 aliphatic carbocycles. The van der Waals surface area contributed by atoms with E-state index in [1.165, 1.54) is 0 Å². The van der Waals surface area contributed by atoms with Crippen LogP contribution < -0.4 is 5.73 Å². The van der Waals surface area contributed by atoms with E-state index in [0.29, 0.717) is 10.9 Å². The van der Waals surface area contributed by atoms with Crippen molar-refractivity contribution >= 4 is 23.1 Å². The molecule has 1 saturated carbocycles. The Morgan fingerprint density at radius 1 is 1.26 bits per heavy atom. The summed E-state index contributed by atoms with van der Waals surface area (Å²) in [5.41, 5.74) is 5.30. The molecular weight excluding hydrogens is 258 g/mol. The zero-order valence-electron chi connectivity index (χ0n) is 12.0. The Hall–Kier alpha value is -0.680. The number of thiocarbonyl (C=S) groups is 1. The number of hydrogen-bond acceptors (Lipinski definition) is 3. The average Bonchev–Trinajstić information content (AvgIpc) is 2.26. The van der Waals surface area contributed by atoms with Gasteiger partial charge in [0.15, 0.2) is 0 Å². The molecule has 0 aromatic carbocycles.